The van der Waals surface area contributed by atoms with Gasteiger partial charge in [0.2, 0.25) is 5.91 Å². The van der Waals surface area contributed by atoms with Crippen LogP contribution in [0.25, 0.3) is 0 Å². The molecule has 6 nitrogen and oxygen atoms in total. The van der Waals surface area contributed by atoms with Crippen LogP contribution in [0.1, 0.15) is 155 Å². The molecule has 0 rings (SSSR count). The first-order chi connectivity index (χ1) is 19.0. The van der Waals surface area contributed by atoms with Gasteiger partial charge in [-0.15, -0.1) is 0 Å². The molecule has 2 N–H and O–H groups in total. The number of carbonyl (C=O) groups is 3. The van der Waals surface area contributed by atoms with Crippen LogP contribution in [-0.2, 0) is 19.1 Å². The van der Waals surface area contributed by atoms with E-state index in [9.17, 15) is 14.4 Å². The molecule has 0 aromatic heterocycles. The van der Waals surface area contributed by atoms with Crippen LogP contribution in [0.4, 0.5) is 0 Å². The number of amides is 1. The molecule has 1 atom stereocenters. The quantitative estimate of drug-likeness (QED) is 0.0578. The van der Waals surface area contributed by atoms with Crippen molar-refractivity contribution in [3.63, 3.8) is 0 Å². The van der Waals surface area contributed by atoms with E-state index < -0.39 is 5.97 Å². The van der Waals surface area contributed by atoms with Crippen molar-refractivity contribution in [3.8, 4) is 0 Å². The molecule has 0 aliphatic heterocycles. The number of esters is 1. The van der Waals surface area contributed by atoms with Gasteiger partial charge in [-0.2, -0.15) is 0 Å². The summed E-state index contributed by atoms with van der Waals surface area (Å²) in [5, 5.41) is 11.0. The Morgan fingerprint density at radius 1 is 0.692 bits per heavy atom. The Kier molecular flexibility index (Phi) is 27.3. The number of rotatable bonds is 28. The Bertz CT molecular complexity index is 658. The second kappa shape index (κ2) is 28.9. The first-order valence-corrected chi connectivity index (χ1v) is 16.0. The van der Waals surface area contributed by atoms with Gasteiger partial charge in [-0.05, 0) is 51.0 Å². The van der Waals surface area contributed by atoms with Crippen molar-refractivity contribution in [1.82, 2.24) is 5.32 Å². The Morgan fingerprint density at radius 2 is 1.26 bits per heavy atom. The molecule has 0 heterocycles. The van der Waals surface area contributed by atoms with Crippen LogP contribution in [-0.4, -0.2) is 35.6 Å². The maximum atomic E-state index is 12.5. The van der Waals surface area contributed by atoms with Gasteiger partial charge in [-0.25, -0.2) is 0 Å². The minimum atomic E-state index is -1.02. The number of nitrogens with one attached hydrogen (secondary N) is 1. The van der Waals surface area contributed by atoms with Crippen LogP contribution in [0, 0.1) is 0 Å². The predicted molar refractivity (Wildman–Crippen MR) is 162 cm³/mol. The van der Waals surface area contributed by atoms with E-state index in [0.717, 1.165) is 70.6 Å². The summed E-state index contributed by atoms with van der Waals surface area (Å²) >= 11 is 0. The minimum absolute atomic E-state index is 0.0769. The predicted octanol–water partition coefficient (Wildman–Crippen LogP) is 8.83. The number of hydrogen-bond acceptors (Lipinski definition) is 4. The molecule has 0 fully saturated rings. The highest BCUT2D eigenvalue weighted by Crippen LogP contribution is 2.15. The number of unbranched alkanes of at least 4 members (excludes halogenated alkanes) is 15. The molecule has 0 bridgehead atoms. The Morgan fingerprint density at radius 3 is 1.90 bits per heavy atom. The van der Waals surface area contributed by atoms with E-state index in [1.807, 2.05) is 0 Å². The molecule has 226 valence electrons. The molecular formula is C33H59NO5. The van der Waals surface area contributed by atoms with E-state index in [0.29, 0.717) is 12.8 Å². The van der Waals surface area contributed by atoms with Crippen molar-refractivity contribution in [2.24, 2.45) is 0 Å². The summed E-state index contributed by atoms with van der Waals surface area (Å²) in [5.41, 5.74) is 0. The van der Waals surface area contributed by atoms with Crippen molar-refractivity contribution >= 4 is 17.8 Å². The van der Waals surface area contributed by atoms with E-state index in [-0.39, 0.29) is 24.5 Å². The topological polar surface area (TPSA) is 92.7 Å². The second-order valence-corrected chi connectivity index (χ2v) is 10.7. The van der Waals surface area contributed by atoms with Gasteiger partial charge in [0, 0.05) is 12.8 Å². The molecule has 0 saturated heterocycles. The van der Waals surface area contributed by atoms with Gasteiger partial charge in [0.1, 0.15) is 12.6 Å². The lowest BCUT2D eigenvalue weighted by molar-refractivity contribution is -0.147. The molecule has 39 heavy (non-hydrogen) atoms. The summed E-state index contributed by atoms with van der Waals surface area (Å²) in [6, 6.07) is 0. The Hall–Kier alpha value is -2.11. The molecule has 1 unspecified atom stereocenters. The third-order valence-corrected chi connectivity index (χ3v) is 6.86. The van der Waals surface area contributed by atoms with E-state index in [1.54, 1.807) is 0 Å². The molecule has 0 spiro atoms. The van der Waals surface area contributed by atoms with Crippen molar-refractivity contribution in [1.29, 1.82) is 0 Å². The molecule has 0 aromatic carbocycles. The summed E-state index contributed by atoms with van der Waals surface area (Å²) in [6.07, 6.45) is 31.7. The molecule has 0 aliphatic rings. The van der Waals surface area contributed by atoms with Gasteiger partial charge in [0.25, 0.3) is 0 Å². The first kappa shape index (κ1) is 36.9. The third kappa shape index (κ3) is 28.7. The monoisotopic (exact) mass is 549 g/mol. The number of carboxylic acids is 1. The third-order valence-electron chi connectivity index (χ3n) is 6.86. The fourth-order valence-electron chi connectivity index (χ4n) is 4.46. The van der Waals surface area contributed by atoms with E-state index in [2.05, 4.69) is 43.5 Å². The number of carboxylic acid groups (broad SMARTS) is 1. The van der Waals surface area contributed by atoms with Crippen LogP contribution in [0.2, 0.25) is 0 Å². The summed E-state index contributed by atoms with van der Waals surface area (Å²) < 4.78 is 5.85. The highest BCUT2D eigenvalue weighted by molar-refractivity contribution is 5.80. The number of ether oxygens (including phenoxy) is 1. The second-order valence-electron chi connectivity index (χ2n) is 10.7. The number of hydrogen-bond donors (Lipinski definition) is 2. The van der Waals surface area contributed by atoms with Crippen LogP contribution in [0.3, 0.4) is 0 Å². The van der Waals surface area contributed by atoms with Gasteiger partial charge >= 0.3 is 11.9 Å². The fraction of sp³-hybridized carbons (Fsp3) is 0.788. The summed E-state index contributed by atoms with van der Waals surface area (Å²) in [4.78, 5) is 34.5. The van der Waals surface area contributed by atoms with Crippen LogP contribution in [0.5, 0.6) is 0 Å². The number of carbonyl (C=O) groups excluding carboxylic acids is 2. The first-order valence-electron chi connectivity index (χ1n) is 16.0. The zero-order valence-corrected chi connectivity index (χ0v) is 25.2. The maximum absolute atomic E-state index is 12.5. The van der Waals surface area contributed by atoms with Crippen molar-refractivity contribution in [2.45, 2.75) is 161 Å². The lowest BCUT2D eigenvalue weighted by Gasteiger charge is -2.14. The smallest absolute Gasteiger partial charge is 0.322 e. The van der Waals surface area contributed by atoms with Crippen molar-refractivity contribution in [3.05, 3.63) is 24.3 Å². The van der Waals surface area contributed by atoms with E-state index >= 15 is 0 Å². The lowest BCUT2D eigenvalue weighted by atomic mass is 10.1. The normalized spacial score (nSPS) is 12.3. The fourth-order valence-corrected chi connectivity index (χ4v) is 4.46. The maximum Gasteiger partial charge on any atom is 0.322 e. The summed E-state index contributed by atoms with van der Waals surface area (Å²) in [5.74, 6) is -1.29. The molecule has 0 aliphatic carbocycles. The standard InChI is InChI=1S/C33H59NO5/c1-3-5-7-9-11-13-17-21-25-30(39-33(38)28-24-20-14-12-10-8-6-4-2)26-22-18-15-16-19-23-27-31(35)34-29-32(36)37/h11,13,21,25,30H,3-10,12,14-20,22-24,26-29H2,1-2H3,(H,34,35)(H,36,37)/b13-11-,25-21-. The molecule has 6 heteroatoms. The van der Waals surface area contributed by atoms with Gasteiger partial charge < -0.3 is 15.2 Å². The van der Waals surface area contributed by atoms with Crippen LogP contribution >= 0.6 is 0 Å². The van der Waals surface area contributed by atoms with Gasteiger partial charge in [-0.3, -0.25) is 14.4 Å². The van der Waals surface area contributed by atoms with Crippen LogP contribution < -0.4 is 5.32 Å². The number of aliphatic carboxylic acids is 1. The minimum Gasteiger partial charge on any atom is -0.480 e. The SMILES string of the molecule is CCCCC/C=C\C/C=C\C(CCCCCCCCC(=O)NCC(=O)O)OC(=O)CCCCCCCCCC. The summed E-state index contributed by atoms with van der Waals surface area (Å²) in [7, 11) is 0. The van der Waals surface area contributed by atoms with Crippen LogP contribution in [0.15, 0.2) is 24.3 Å². The average Bonchev–Trinajstić information content (AvgIpc) is 2.91. The van der Waals surface area contributed by atoms with Crippen molar-refractivity contribution in [2.75, 3.05) is 6.54 Å². The Balaban J connectivity index is 4.24. The number of allylic oxidation sites excluding steroid dienone is 3. The van der Waals surface area contributed by atoms with E-state index in [1.165, 1.54) is 57.8 Å². The molecule has 1 amide bonds. The Labute approximate surface area is 239 Å². The zero-order valence-electron chi connectivity index (χ0n) is 25.2. The molecule has 0 saturated carbocycles. The summed E-state index contributed by atoms with van der Waals surface area (Å²) in [6.45, 7) is 4.14. The van der Waals surface area contributed by atoms with Gasteiger partial charge in [-0.1, -0.05) is 116 Å². The van der Waals surface area contributed by atoms with Crippen molar-refractivity contribution < 1.29 is 24.2 Å². The average molecular weight is 550 g/mol. The molecule has 0 radical (unpaired) electrons. The lowest BCUT2D eigenvalue weighted by Crippen LogP contribution is -2.28. The molecule has 0 aromatic rings. The zero-order chi connectivity index (χ0) is 28.8. The van der Waals surface area contributed by atoms with Gasteiger partial charge in [0.15, 0.2) is 0 Å². The van der Waals surface area contributed by atoms with E-state index in [4.69, 9.17) is 9.84 Å². The molecular weight excluding hydrogens is 490 g/mol. The highest BCUT2D eigenvalue weighted by atomic mass is 16.5. The largest absolute Gasteiger partial charge is 0.480 e. The highest BCUT2D eigenvalue weighted by Gasteiger charge is 2.11. The van der Waals surface area contributed by atoms with Gasteiger partial charge in [0.05, 0.1) is 0 Å².